The summed E-state index contributed by atoms with van der Waals surface area (Å²) >= 11 is 5.93. The van der Waals surface area contributed by atoms with Crippen LogP contribution in [0.5, 0.6) is 0 Å². The molecule has 0 aromatic heterocycles. The maximum absolute atomic E-state index is 12.2. The van der Waals surface area contributed by atoms with E-state index < -0.39 is 10.8 Å². The predicted octanol–water partition coefficient (Wildman–Crippen LogP) is 2.56. The molecule has 0 aliphatic carbocycles. The second kappa shape index (κ2) is 7.38. The van der Waals surface area contributed by atoms with Gasteiger partial charge in [0.1, 0.15) is 5.02 Å². The van der Waals surface area contributed by atoms with Crippen LogP contribution in [0.4, 0.5) is 5.69 Å². The van der Waals surface area contributed by atoms with Gasteiger partial charge in [-0.3, -0.25) is 14.9 Å². The number of carbonyl (C=O) groups excluding carboxylic acids is 1. The van der Waals surface area contributed by atoms with Crippen LogP contribution >= 0.6 is 11.6 Å². The van der Waals surface area contributed by atoms with E-state index in [1.54, 1.807) is 0 Å². The Labute approximate surface area is 129 Å². The van der Waals surface area contributed by atoms with E-state index in [0.29, 0.717) is 12.5 Å². The van der Waals surface area contributed by atoms with E-state index in [4.69, 9.17) is 11.6 Å². The van der Waals surface area contributed by atoms with E-state index in [1.165, 1.54) is 18.2 Å². The van der Waals surface area contributed by atoms with E-state index in [0.717, 1.165) is 0 Å². The van der Waals surface area contributed by atoms with Crippen LogP contribution in [0.15, 0.2) is 18.2 Å². The lowest BCUT2D eigenvalue weighted by molar-refractivity contribution is -0.384. The lowest BCUT2D eigenvalue weighted by Gasteiger charge is -2.28. The minimum absolute atomic E-state index is 0.118. The number of nitro benzene ring substituents is 1. The number of halogens is 1. The minimum atomic E-state index is -0.601. The van der Waals surface area contributed by atoms with Crippen LogP contribution in [0.1, 0.15) is 24.2 Å². The fourth-order valence-electron chi connectivity index (χ4n) is 2.14. The molecule has 1 N–H and O–H groups in total. The van der Waals surface area contributed by atoms with Gasteiger partial charge in [0, 0.05) is 18.7 Å². The number of nitrogens with zero attached hydrogens (tertiary/aromatic N) is 2. The van der Waals surface area contributed by atoms with Crippen LogP contribution in [0.2, 0.25) is 5.02 Å². The molecule has 1 unspecified atom stereocenters. The molecule has 1 aromatic rings. The number of nitrogens with one attached hydrogen (secondary N) is 1. The molecule has 0 radical (unpaired) electrons. The lowest BCUT2D eigenvalue weighted by Crippen LogP contribution is -2.43. The average molecular weight is 314 g/mol. The molecule has 0 spiro atoms. The summed E-state index contributed by atoms with van der Waals surface area (Å²) in [7, 11) is 3.88. The van der Waals surface area contributed by atoms with Gasteiger partial charge in [-0.05, 0) is 26.1 Å². The molecule has 21 heavy (non-hydrogen) atoms. The second-order valence-electron chi connectivity index (χ2n) is 5.38. The highest BCUT2D eigenvalue weighted by Crippen LogP contribution is 2.27. The van der Waals surface area contributed by atoms with Crippen molar-refractivity contribution in [2.75, 3.05) is 20.6 Å². The van der Waals surface area contributed by atoms with Crippen molar-refractivity contribution >= 4 is 23.2 Å². The molecule has 1 atom stereocenters. The fraction of sp³-hybridized carbons (Fsp3) is 0.500. The van der Waals surface area contributed by atoms with Crippen molar-refractivity contribution < 1.29 is 9.72 Å². The first kappa shape index (κ1) is 17.4. The summed E-state index contributed by atoms with van der Waals surface area (Å²) in [6, 6.07) is 4.37. The molecule has 7 heteroatoms. The zero-order valence-corrected chi connectivity index (χ0v) is 13.3. The van der Waals surface area contributed by atoms with Crippen LogP contribution in [-0.2, 0) is 0 Å². The van der Waals surface area contributed by atoms with Gasteiger partial charge in [0.25, 0.3) is 11.6 Å². The monoisotopic (exact) mass is 313 g/mol. The number of nitro groups is 1. The molecule has 0 aliphatic heterocycles. The maximum atomic E-state index is 12.2. The van der Waals surface area contributed by atoms with Gasteiger partial charge >= 0.3 is 0 Å². The highest BCUT2D eigenvalue weighted by molar-refractivity contribution is 6.35. The van der Waals surface area contributed by atoms with Crippen LogP contribution in [0.25, 0.3) is 0 Å². The van der Waals surface area contributed by atoms with Gasteiger partial charge < -0.3 is 10.2 Å². The van der Waals surface area contributed by atoms with E-state index in [-0.39, 0.29) is 22.3 Å². The van der Waals surface area contributed by atoms with Crippen molar-refractivity contribution in [2.24, 2.45) is 5.92 Å². The molecule has 0 aliphatic rings. The van der Waals surface area contributed by atoms with Gasteiger partial charge in [-0.2, -0.15) is 0 Å². The minimum Gasteiger partial charge on any atom is -0.350 e. The zero-order chi connectivity index (χ0) is 16.2. The molecular weight excluding hydrogens is 294 g/mol. The average Bonchev–Trinajstić information content (AvgIpc) is 2.37. The number of likely N-dealkylation sites (N-methyl/N-ethyl adjacent to an activating group) is 1. The summed E-state index contributed by atoms with van der Waals surface area (Å²) in [6.07, 6.45) is 0. The molecule has 0 heterocycles. The summed E-state index contributed by atoms with van der Waals surface area (Å²) < 4.78 is 0. The van der Waals surface area contributed by atoms with E-state index >= 15 is 0 Å². The first-order valence-electron chi connectivity index (χ1n) is 6.63. The van der Waals surface area contributed by atoms with E-state index in [2.05, 4.69) is 19.2 Å². The highest BCUT2D eigenvalue weighted by Gasteiger charge is 2.21. The predicted molar refractivity (Wildman–Crippen MR) is 82.8 cm³/mol. The van der Waals surface area contributed by atoms with E-state index in [9.17, 15) is 14.9 Å². The SMILES string of the molecule is CC(C)C(CNC(=O)c1cccc([N+](=O)[O-])c1Cl)N(C)C. The van der Waals surface area contributed by atoms with Gasteiger partial charge in [-0.15, -0.1) is 0 Å². The quantitative estimate of drug-likeness (QED) is 0.647. The Hall–Kier alpha value is -1.66. The Kier molecular flexibility index (Phi) is 6.11. The Balaban J connectivity index is 2.86. The van der Waals surface area contributed by atoms with Gasteiger partial charge in [0.15, 0.2) is 0 Å². The summed E-state index contributed by atoms with van der Waals surface area (Å²) in [6.45, 7) is 4.58. The standard InChI is InChI=1S/C14H20ClN3O3/c1-9(2)12(17(3)4)8-16-14(19)10-6-5-7-11(13(10)15)18(20)21/h5-7,9,12H,8H2,1-4H3,(H,16,19). The van der Waals surface area contributed by atoms with Crippen LogP contribution in [0, 0.1) is 16.0 Å². The molecule has 0 fully saturated rings. The smallest absolute Gasteiger partial charge is 0.288 e. The molecule has 1 amide bonds. The summed E-state index contributed by atoms with van der Waals surface area (Å²) in [4.78, 5) is 24.4. The Bertz CT molecular complexity index is 524. The number of carbonyl (C=O) groups is 1. The molecule has 0 saturated carbocycles. The largest absolute Gasteiger partial charge is 0.350 e. The molecule has 6 nitrogen and oxygen atoms in total. The molecule has 0 saturated heterocycles. The number of hydrogen-bond donors (Lipinski definition) is 1. The van der Waals surface area contributed by atoms with Gasteiger partial charge in [0.05, 0.1) is 10.5 Å². The normalized spacial score (nSPS) is 12.5. The first-order valence-corrected chi connectivity index (χ1v) is 7.01. The van der Waals surface area contributed by atoms with E-state index in [1.807, 2.05) is 19.0 Å². The number of rotatable bonds is 6. The first-order chi connectivity index (χ1) is 9.75. The van der Waals surface area contributed by atoms with Crippen molar-refractivity contribution in [2.45, 2.75) is 19.9 Å². The zero-order valence-electron chi connectivity index (χ0n) is 12.6. The molecule has 0 bridgehead atoms. The summed E-state index contributed by atoms with van der Waals surface area (Å²) in [5, 5.41) is 13.5. The van der Waals surface area contributed by atoms with Crippen molar-refractivity contribution in [1.82, 2.24) is 10.2 Å². The third-order valence-electron chi connectivity index (χ3n) is 3.32. The summed E-state index contributed by atoms with van der Waals surface area (Å²) in [5.74, 6) is -0.0444. The second-order valence-corrected chi connectivity index (χ2v) is 5.76. The third-order valence-corrected chi connectivity index (χ3v) is 3.72. The molecule has 1 rings (SSSR count). The third kappa shape index (κ3) is 4.41. The number of amides is 1. The van der Waals surface area contributed by atoms with Gasteiger partial charge in [-0.25, -0.2) is 0 Å². The van der Waals surface area contributed by atoms with Crippen molar-refractivity contribution in [1.29, 1.82) is 0 Å². The molecular formula is C14H20ClN3O3. The van der Waals surface area contributed by atoms with Crippen molar-refractivity contribution in [3.8, 4) is 0 Å². The van der Waals surface area contributed by atoms with Crippen molar-refractivity contribution in [3.63, 3.8) is 0 Å². The van der Waals surface area contributed by atoms with Crippen LogP contribution in [0.3, 0.4) is 0 Å². The Morgan fingerprint density at radius 1 is 1.43 bits per heavy atom. The fourth-order valence-corrected chi connectivity index (χ4v) is 2.42. The Morgan fingerprint density at radius 3 is 2.52 bits per heavy atom. The summed E-state index contributed by atoms with van der Waals surface area (Å²) in [5.41, 5.74) is -0.149. The van der Waals surface area contributed by atoms with Gasteiger partial charge in [0.2, 0.25) is 0 Å². The number of benzene rings is 1. The molecule has 116 valence electrons. The highest BCUT2D eigenvalue weighted by atomic mass is 35.5. The van der Waals surface area contributed by atoms with Crippen molar-refractivity contribution in [3.05, 3.63) is 38.9 Å². The van der Waals surface area contributed by atoms with Gasteiger partial charge in [-0.1, -0.05) is 31.5 Å². The topological polar surface area (TPSA) is 75.5 Å². The molecule has 1 aromatic carbocycles. The van der Waals surface area contributed by atoms with Crippen LogP contribution < -0.4 is 5.32 Å². The Morgan fingerprint density at radius 2 is 2.05 bits per heavy atom. The van der Waals surface area contributed by atoms with Crippen LogP contribution in [-0.4, -0.2) is 42.4 Å². The lowest BCUT2D eigenvalue weighted by atomic mass is 10.0. The maximum Gasteiger partial charge on any atom is 0.288 e. The number of hydrogen-bond acceptors (Lipinski definition) is 4.